The van der Waals surface area contributed by atoms with Gasteiger partial charge in [0.1, 0.15) is 5.75 Å². The summed E-state index contributed by atoms with van der Waals surface area (Å²) in [6.45, 7) is 7.79. The van der Waals surface area contributed by atoms with Crippen LogP contribution in [0.2, 0.25) is 0 Å². The predicted molar refractivity (Wildman–Crippen MR) is 90.4 cm³/mol. The second-order valence-corrected chi connectivity index (χ2v) is 6.80. The van der Waals surface area contributed by atoms with Crippen LogP contribution >= 0.6 is 31.9 Å². The highest BCUT2D eigenvalue weighted by Crippen LogP contribution is 2.34. The Morgan fingerprint density at radius 2 is 1.85 bits per heavy atom. The minimum Gasteiger partial charge on any atom is -0.494 e. The largest absolute Gasteiger partial charge is 0.494 e. The van der Waals surface area contributed by atoms with Crippen LogP contribution in [0.4, 0.5) is 0 Å². The van der Waals surface area contributed by atoms with Crippen molar-refractivity contribution in [3.05, 3.63) is 26.6 Å². The zero-order valence-electron chi connectivity index (χ0n) is 12.3. The zero-order chi connectivity index (χ0) is 15.0. The van der Waals surface area contributed by atoms with Crippen LogP contribution in [0.5, 0.6) is 5.75 Å². The maximum absolute atomic E-state index is 5.54. The Bertz CT molecular complexity index is 388. The zero-order valence-corrected chi connectivity index (χ0v) is 15.5. The average Bonchev–Trinajstić information content (AvgIpc) is 2.37. The van der Waals surface area contributed by atoms with Crippen molar-refractivity contribution in [3.8, 4) is 5.75 Å². The Kier molecular flexibility index (Phi) is 8.77. The third-order valence-electron chi connectivity index (χ3n) is 2.68. The maximum atomic E-state index is 5.54. The van der Waals surface area contributed by atoms with Gasteiger partial charge >= 0.3 is 0 Å². The normalized spacial score (nSPS) is 11.1. The molecule has 0 aliphatic carbocycles. The lowest BCUT2D eigenvalue weighted by Gasteiger charge is -2.10. The van der Waals surface area contributed by atoms with Crippen molar-refractivity contribution in [3.63, 3.8) is 0 Å². The smallest absolute Gasteiger partial charge is 0.147 e. The molecule has 1 aromatic rings. The standard InChI is InChI=1S/C15H23Br2NO2/c1-11(2)10-20-6-4-5-18-9-12-7-13(16)15(19-3)14(17)8-12/h7-8,11,18H,4-6,9-10H2,1-3H3. The van der Waals surface area contributed by atoms with Gasteiger partial charge in [-0.25, -0.2) is 0 Å². The molecule has 0 bridgehead atoms. The van der Waals surface area contributed by atoms with Crippen LogP contribution in [-0.4, -0.2) is 26.9 Å². The summed E-state index contributed by atoms with van der Waals surface area (Å²) in [6, 6.07) is 4.15. The summed E-state index contributed by atoms with van der Waals surface area (Å²) in [6.07, 6.45) is 1.03. The van der Waals surface area contributed by atoms with Crippen molar-refractivity contribution in [2.24, 2.45) is 5.92 Å². The van der Waals surface area contributed by atoms with E-state index in [1.165, 1.54) is 5.56 Å². The van der Waals surface area contributed by atoms with Crippen LogP contribution in [-0.2, 0) is 11.3 Å². The van der Waals surface area contributed by atoms with Gasteiger partial charge in [-0.15, -0.1) is 0 Å². The molecule has 0 amide bonds. The summed E-state index contributed by atoms with van der Waals surface area (Å²) in [5, 5.41) is 3.42. The van der Waals surface area contributed by atoms with Crippen molar-refractivity contribution in [1.29, 1.82) is 0 Å². The van der Waals surface area contributed by atoms with Crippen molar-refractivity contribution in [1.82, 2.24) is 5.32 Å². The van der Waals surface area contributed by atoms with Crippen LogP contribution < -0.4 is 10.1 Å². The second-order valence-electron chi connectivity index (χ2n) is 5.09. The SMILES string of the molecule is COc1c(Br)cc(CNCCCOCC(C)C)cc1Br. The molecule has 0 fully saturated rings. The van der Waals surface area contributed by atoms with Crippen molar-refractivity contribution < 1.29 is 9.47 Å². The number of nitrogens with one attached hydrogen (secondary N) is 1. The van der Waals surface area contributed by atoms with Crippen LogP contribution in [0.25, 0.3) is 0 Å². The summed E-state index contributed by atoms with van der Waals surface area (Å²) in [4.78, 5) is 0. The van der Waals surface area contributed by atoms with E-state index in [9.17, 15) is 0 Å². The van der Waals surface area contributed by atoms with E-state index in [1.54, 1.807) is 7.11 Å². The van der Waals surface area contributed by atoms with Crippen molar-refractivity contribution in [2.75, 3.05) is 26.9 Å². The predicted octanol–water partition coefficient (Wildman–Crippen LogP) is 4.37. The number of methoxy groups -OCH3 is 1. The number of rotatable bonds is 9. The molecule has 1 aromatic carbocycles. The highest BCUT2D eigenvalue weighted by molar-refractivity contribution is 9.11. The van der Waals surface area contributed by atoms with Crippen molar-refractivity contribution >= 4 is 31.9 Å². The Morgan fingerprint density at radius 1 is 1.20 bits per heavy atom. The molecule has 20 heavy (non-hydrogen) atoms. The summed E-state index contributed by atoms with van der Waals surface area (Å²) >= 11 is 7.02. The Morgan fingerprint density at radius 3 is 2.40 bits per heavy atom. The summed E-state index contributed by atoms with van der Waals surface area (Å²) in [5.41, 5.74) is 1.22. The van der Waals surface area contributed by atoms with Gasteiger partial charge in [-0.1, -0.05) is 13.8 Å². The number of benzene rings is 1. The number of ether oxygens (including phenoxy) is 2. The molecule has 0 aromatic heterocycles. The van der Waals surface area contributed by atoms with Gasteiger partial charge in [-0.3, -0.25) is 0 Å². The fourth-order valence-electron chi connectivity index (χ4n) is 1.76. The molecule has 0 radical (unpaired) electrons. The number of hydrogen-bond acceptors (Lipinski definition) is 3. The first kappa shape index (κ1) is 18.0. The quantitative estimate of drug-likeness (QED) is 0.615. The van der Waals surface area contributed by atoms with E-state index in [-0.39, 0.29) is 0 Å². The van der Waals surface area contributed by atoms with Gasteiger partial charge in [0.15, 0.2) is 0 Å². The lowest BCUT2D eigenvalue weighted by Crippen LogP contribution is -2.17. The van der Waals surface area contributed by atoms with E-state index in [4.69, 9.17) is 9.47 Å². The first-order valence-electron chi connectivity index (χ1n) is 6.85. The van der Waals surface area contributed by atoms with E-state index in [0.717, 1.165) is 47.4 Å². The monoisotopic (exact) mass is 407 g/mol. The first-order valence-corrected chi connectivity index (χ1v) is 8.43. The van der Waals surface area contributed by atoms with Gasteiger partial charge in [-0.2, -0.15) is 0 Å². The van der Waals surface area contributed by atoms with E-state index >= 15 is 0 Å². The molecule has 0 saturated heterocycles. The molecular weight excluding hydrogens is 386 g/mol. The molecule has 114 valence electrons. The molecule has 0 spiro atoms. The van der Waals surface area contributed by atoms with Crippen LogP contribution in [0, 0.1) is 5.92 Å². The van der Waals surface area contributed by atoms with E-state index in [1.807, 2.05) is 0 Å². The molecular formula is C15H23Br2NO2. The number of halogens is 2. The van der Waals surface area contributed by atoms with Gasteiger partial charge in [0.05, 0.1) is 16.1 Å². The molecule has 0 aliphatic heterocycles. The third kappa shape index (κ3) is 6.57. The summed E-state index contributed by atoms with van der Waals surface area (Å²) in [7, 11) is 1.67. The molecule has 0 saturated carbocycles. The first-order chi connectivity index (χ1) is 9.54. The van der Waals surface area contributed by atoms with Gasteiger partial charge in [0, 0.05) is 19.8 Å². The Balaban J connectivity index is 2.26. The second kappa shape index (κ2) is 9.77. The van der Waals surface area contributed by atoms with E-state index < -0.39 is 0 Å². The molecule has 5 heteroatoms. The minimum atomic E-state index is 0.608. The lowest BCUT2D eigenvalue weighted by atomic mass is 10.2. The Labute approximate surface area is 138 Å². The highest BCUT2D eigenvalue weighted by Gasteiger charge is 2.07. The van der Waals surface area contributed by atoms with Crippen molar-refractivity contribution in [2.45, 2.75) is 26.8 Å². The molecule has 0 unspecified atom stereocenters. The van der Waals surface area contributed by atoms with Crippen LogP contribution in [0.3, 0.4) is 0 Å². The van der Waals surface area contributed by atoms with E-state index in [2.05, 4.69) is 63.2 Å². The number of hydrogen-bond donors (Lipinski definition) is 1. The fraction of sp³-hybridized carbons (Fsp3) is 0.600. The fourth-order valence-corrected chi connectivity index (χ4v) is 3.37. The van der Waals surface area contributed by atoms with Crippen LogP contribution in [0.1, 0.15) is 25.8 Å². The third-order valence-corrected chi connectivity index (χ3v) is 3.86. The average molecular weight is 409 g/mol. The van der Waals surface area contributed by atoms with Gasteiger partial charge in [-0.05, 0) is 68.4 Å². The Hall–Kier alpha value is -0.100. The van der Waals surface area contributed by atoms with Crippen LogP contribution in [0.15, 0.2) is 21.1 Å². The molecule has 0 aliphatic rings. The van der Waals surface area contributed by atoms with Gasteiger partial charge in [0.25, 0.3) is 0 Å². The lowest BCUT2D eigenvalue weighted by molar-refractivity contribution is 0.108. The highest BCUT2D eigenvalue weighted by atomic mass is 79.9. The topological polar surface area (TPSA) is 30.5 Å². The van der Waals surface area contributed by atoms with Gasteiger partial charge in [0.2, 0.25) is 0 Å². The maximum Gasteiger partial charge on any atom is 0.147 e. The van der Waals surface area contributed by atoms with E-state index in [0.29, 0.717) is 5.92 Å². The molecule has 3 nitrogen and oxygen atoms in total. The summed E-state index contributed by atoms with van der Waals surface area (Å²) in [5.74, 6) is 1.44. The molecule has 1 rings (SSSR count). The summed E-state index contributed by atoms with van der Waals surface area (Å²) < 4.78 is 12.8. The molecule has 1 N–H and O–H groups in total. The van der Waals surface area contributed by atoms with Gasteiger partial charge < -0.3 is 14.8 Å². The minimum absolute atomic E-state index is 0.608. The molecule has 0 atom stereocenters. The molecule has 0 heterocycles.